The zero-order chi connectivity index (χ0) is 13.0. The first-order valence-corrected chi connectivity index (χ1v) is 6.54. The number of nitrogens with zero attached hydrogens (tertiary/aromatic N) is 1. The van der Waals surface area contributed by atoms with Gasteiger partial charge in [-0.05, 0) is 19.3 Å². The number of hydrogen-bond acceptors (Lipinski definition) is 3. The van der Waals surface area contributed by atoms with E-state index in [1.807, 2.05) is 6.92 Å². The van der Waals surface area contributed by atoms with Gasteiger partial charge in [-0.1, -0.05) is 19.3 Å². The van der Waals surface area contributed by atoms with Crippen LogP contribution in [0.5, 0.6) is 0 Å². The van der Waals surface area contributed by atoms with Crippen molar-refractivity contribution < 1.29 is 8.78 Å². The van der Waals surface area contributed by atoms with Gasteiger partial charge in [0.1, 0.15) is 0 Å². The van der Waals surface area contributed by atoms with Gasteiger partial charge in [-0.3, -0.25) is 0 Å². The Kier molecular flexibility index (Phi) is 4.33. The summed E-state index contributed by atoms with van der Waals surface area (Å²) in [7, 11) is 0. The predicted octanol–water partition coefficient (Wildman–Crippen LogP) is 3.39. The average Bonchev–Trinajstić information content (AvgIpc) is 2.27. The van der Waals surface area contributed by atoms with E-state index in [2.05, 4.69) is 15.6 Å². The number of nitrogens with one attached hydrogen (secondary N) is 2. The Morgan fingerprint density at radius 3 is 2.44 bits per heavy atom. The quantitative estimate of drug-likeness (QED) is 0.818. The third kappa shape index (κ3) is 3.09. The predicted molar refractivity (Wildman–Crippen MR) is 68.8 cm³/mol. The van der Waals surface area contributed by atoms with Crippen molar-refractivity contribution in [1.82, 2.24) is 4.98 Å². The van der Waals surface area contributed by atoms with Crippen LogP contribution < -0.4 is 10.6 Å². The number of pyridine rings is 1. The van der Waals surface area contributed by atoms with Crippen LogP contribution in [0.25, 0.3) is 0 Å². The maximum absolute atomic E-state index is 13.5. The maximum atomic E-state index is 13.5. The topological polar surface area (TPSA) is 37.0 Å². The largest absolute Gasteiger partial charge is 0.368 e. The molecular weight excluding hydrogens is 236 g/mol. The summed E-state index contributed by atoms with van der Waals surface area (Å²) in [5.74, 6) is -0.299. The molecular formula is C13H19F2N3. The Morgan fingerprint density at radius 2 is 1.89 bits per heavy atom. The van der Waals surface area contributed by atoms with Crippen LogP contribution in [-0.4, -0.2) is 18.1 Å². The van der Waals surface area contributed by atoms with Crippen molar-refractivity contribution in [3.8, 4) is 0 Å². The van der Waals surface area contributed by atoms with Crippen LogP contribution in [0.1, 0.15) is 32.6 Å². The van der Waals surface area contributed by atoms with Gasteiger partial charge in [0.15, 0.2) is 23.3 Å². The molecule has 1 fully saturated rings. The first-order valence-electron chi connectivity index (χ1n) is 6.54. The molecule has 5 heteroatoms. The Balaban J connectivity index is 1.94. The van der Waals surface area contributed by atoms with Crippen molar-refractivity contribution in [3.63, 3.8) is 0 Å². The van der Waals surface area contributed by atoms with Crippen LogP contribution in [0.3, 0.4) is 0 Å². The number of anilines is 2. The maximum Gasteiger partial charge on any atom is 0.168 e. The minimum Gasteiger partial charge on any atom is -0.368 e. The Bertz CT molecular complexity index is 405. The summed E-state index contributed by atoms with van der Waals surface area (Å²) in [4.78, 5) is 3.93. The molecule has 1 aromatic heterocycles. The lowest BCUT2D eigenvalue weighted by molar-refractivity contribution is 0.302. The van der Waals surface area contributed by atoms with Gasteiger partial charge < -0.3 is 10.6 Å². The molecule has 0 radical (unpaired) electrons. The van der Waals surface area contributed by atoms with Crippen LogP contribution in [0, 0.1) is 17.6 Å². The first kappa shape index (κ1) is 13.1. The van der Waals surface area contributed by atoms with Gasteiger partial charge in [0.25, 0.3) is 0 Å². The fourth-order valence-corrected chi connectivity index (χ4v) is 2.06. The molecule has 0 atom stereocenters. The van der Waals surface area contributed by atoms with Crippen LogP contribution in [0.4, 0.5) is 20.4 Å². The minimum absolute atomic E-state index is 0.102. The van der Waals surface area contributed by atoms with Gasteiger partial charge in [-0.2, -0.15) is 0 Å². The number of rotatable bonds is 6. The second-order valence-electron chi connectivity index (χ2n) is 4.69. The molecule has 0 unspecified atom stereocenters. The van der Waals surface area contributed by atoms with Crippen molar-refractivity contribution >= 4 is 11.6 Å². The first-order chi connectivity index (χ1) is 8.70. The second kappa shape index (κ2) is 5.98. The lowest BCUT2D eigenvalue weighted by Crippen LogP contribution is -2.17. The third-order valence-electron chi connectivity index (χ3n) is 3.34. The van der Waals surface area contributed by atoms with Crippen molar-refractivity contribution in [2.75, 3.05) is 23.7 Å². The van der Waals surface area contributed by atoms with Crippen molar-refractivity contribution in [2.45, 2.75) is 32.6 Å². The van der Waals surface area contributed by atoms with E-state index in [1.54, 1.807) is 0 Å². The monoisotopic (exact) mass is 255 g/mol. The molecule has 0 amide bonds. The van der Waals surface area contributed by atoms with Crippen LogP contribution in [0.2, 0.25) is 0 Å². The zero-order valence-corrected chi connectivity index (χ0v) is 10.6. The van der Waals surface area contributed by atoms with E-state index < -0.39 is 11.6 Å². The van der Waals surface area contributed by atoms with Crippen molar-refractivity contribution in [1.29, 1.82) is 0 Å². The van der Waals surface area contributed by atoms with Crippen molar-refractivity contribution in [2.24, 2.45) is 5.92 Å². The highest BCUT2D eigenvalue weighted by molar-refractivity contribution is 5.47. The Hall–Kier alpha value is -1.39. The van der Waals surface area contributed by atoms with E-state index in [0.29, 0.717) is 13.1 Å². The number of aromatic nitrogens is 1. The molecule has 1 saturated carbocycles. The van der Waals surface area contributed by atoms with Gasteiger partial charge in [-0.25, -0.2) is 13.8 Å². The molecule has 0 spiro atoms. The molecule has 3 nitrogen and oxygen atoms in total. The SMILES string of the molecule is CCNc1nc(NCCC2CCC2)c(F)cc1F. The molecule has 2 rings (SSSR count). The van der Waals surface area contributed by atoms with Crippen LogP contribution >= 0.6 is 0 Å². The van der Waals surface area contributed by atoms with Gasteiger partial charge in [0.2, 0.25) is 0 Å². The van der Waals surface area contributed by atoms with E-state index in [4.69, 9.17) is 0 Å². The van der Waals surface area contributed by atoms with E-state index in [-0.39, 0.29) is 11.6 Å². The summed E-state index contributed by atoms with van der Waals surface area (Å²) in [5.41, 5.74) is 0. The highest BCUT2D eigenvalue weighted by Crippen LogP contribution is 2.29. The molecule has 1 aromatic rings. The second-order valence-corrected chi connectivity index (χ2v) is 4.69. The fraction of sp³-hybridized carbons (Fsp3) is 0.615. The lowest BCUT2D eigenvalue weighted by Gasteiger charge is -2.25. The van der Waals surface area contributed by atoms with E-state index >= 15 is 0 Å². The summed E-state index contributed by atoms with van der Waals surface area (Å²) in [5, 5.41) is 5.72. The molecule has 18 heavy (non-hydrogen) atoms. The summed E-state index contributed by atoms with van der Waals surface area (Å²) in [6.45, 7) is 3.08. The summed E-state index contributed by atoms with van der Waals surface area (Å²) >= 11 is 0. The smallest absolute Gasteiger partial charge is 0.168 e. The molecule has 1 aliphatic carbocycles. The third-order valence-corrected chi connectivity index (χ3v) is 3.34. The molecule has 0 aliphatic heterocycles. The molecule has 0 aromatic carbocycles. The minimum atomic E-state index is -0.654. The molecule has 1 aliphatic rings. The van der Waals surface area contributed by atoms with Gasteiger partial charge >= 0.3 is 0 Å². The van der Waals surface area contributed by atoms with Gasteiger partial charge in [0.05, 0.1) is 0 Å². The zero-order valence-electron chi connectivity index (χ0n) is 10.6. The molecule has 2 N–H and O–H groups in total. The number of halogens is 2. The van der Waals surface area contributed by atoms with Crippen molar-refractivity contribution in [3.05, 3.63) is 17.7 Å². The molecule has 0 bridgehead atoms. The molecule has 100 valence electrons. The standard InChI is InChI=1S/C13H19F2N3/c1-2-16-12-10(14)8-11(15)13(18-12)17-7-6-9-4-3-5-9/h8-9H,2-7H2,1H3,(H2,16,17,18). The average molecular weight is 255 g/mol. The van der Waals surface area contributed by atoms with E-state index in [0.717, 1.165) is 18.4 Å². The summed E-state index contributed by atoms with van der Waals surface area (Å²) in [6, 6.07) is 0.872. The normalized spacial score (nSPS) is 15.3. The summed E-state index contributed by atoms with van der Waals surface area (Å²) < 4.78 is 26.8. The van der Waals surface area contributed by atoms with Crippen LogP contribution in [-0.2, 0) is 0 Å². The Labute approximate surface area is 106 Å². The molecule has 1 heterocycles. The highest BCUT2D eigenvalue weighted by atomic mass is 19.1. The van der Waals surface area contributed by atoms with Crippen LogP contribution in [0.15, 0.2) is 6.07 Å². The van der Waals surface area contributed by atoms with E-state index in [9.17, 15) is 8.78 Å². The fourth-order valence-electron chi connectivity index (χ4n) is 2.06. The Morgan fingerprint density at radius 1 is 1.22 bits per heavy atom. The van der Waals surface area contributed by atoms with E-state index in [1.165, 1.54) is 19.3 Å². The van der Waals surface area contributed by atoms with Gasteiger partial charge in [0, 0.05) is 19.2 Å². The highest BCUT2D eigenvalue weighted by Gasteiger charge is 2.17. The van der Waals surface area contributed by atoms with Gasteiger partial charge in [-0.15, -0.1) is 0 Å². The summed E-state index contributed by atoms with van der Waals surface area (Å²) in [6.07, 6.45) is 4.86. The molecule has 0 saturated heterocycles. The number of hydrogen-bond donors (Lipinski definition) is 2. The lowest BCUT2D eigenvalue weighted by atomic mass is 9.83.